The number of nitrogens with zero attached hydrogens (tertiary/aromatic N) is 3. The molecule has 0 radical (unpaired) electrons. The quantitative estimate of drug-likeness (QED) is 0.285. The Morgan fingerprint density at radius 3 is 2.62 bits per heavy atom. The van der Waals surface area contributed by atoms with Gasteiger partial charge in [0.2, 0.25) is 5.88 Å². The van der Waals surface area contributed by atoms with Crippen LogP contribution in [-0.4, -0.2) is 49.3 Å². The molecule has 1 aliphatic heterocycles. The van der Waals surface area contributed by atoms with Gasteiger partial charge in [0.1, 0.15) is 17.2 Å². The molecule has 0 aromatic carbocycles. The van der Waals surface area contributed by atoms with E-state index in [0.717, 1.165) is 10.9 Å². The molecule has 0 saturated carbocycles. The number of ether oxygens (including phenoxy) is 2. The lowest BCUT2D eigenvalue weighted by atomic mass is 9.84. The van der Waals surface area contributed by atoms with Crippen molar-refractivity contribution in [2.45, 2.75) is 58.1 Å². The van der Waals surface area contributed by atoms with E-state index in [1.54, 1.807) is 24.5 Å². The Bertz CT molecular complexity index is 1460. The number of carbonyl (C=O) groups is 1. The third-order valence-electron chi connectivity index (χ3n) is 6.56. The number of hydrogen-bond acceptors (Lipinski definition) is 10. The second kappa shape index (κ2) is 9.53. The van der Waals surface area contributed by atoms with Gasteiger partial charge in [0.05, 0.1) is 23.3 Å². The summed E-state index contributed by atoms with van der Waals surface area (Å²) in [6.07, 6.45) is 5.26. The summed E-state index contributed by atoms with van der Waals surface area (Å²) in [5.74, 6) is 1.30. The van der Waals surface area contributed by atoms with Gasteiger partial charge in [-0.15, -0.1) is 0 Å². The smallest absolute Gasteiger partial charge is 0.340 e. The van der Waals surface area contributed by atoms with Gasteiger partial charge in [-0.25, -0.2) is 19.7 Å². The van der Waals surface area contributed by atoms with Crippen molar-refractivity contribution in [2.75, 3.05) is 23.9 Å². The average Bonchev–Trinajstić information content (AvgIpc) is 2.78. The molecule has 0 bridgehead atoms. The number of esters is 1. The summed E-state index contributed by atoms with van der Waals surface area (Å²) in [6.45, 7) is 9.83. The monoisotopic (exact) mass is 526 g/mol. The lowest BCUT2D eigenvalue weighted by molar-refractivity contribution is -0.0189. The fraction of sp³-hybridized carbons (Fsp3) is 0.462. The molecule has 10 nitrogen and oxygen atoms in total. The zero-order valence-electron chi connectivity index (χ0n) is 22.0. The van der Waals surface area contributed by atoms with E-state index in [2.05, 4.69) is 15.3 Å². The average molecular weight is 527 g/mol. The summed E-state index contributed by atoms with van der Waals surface area (Å²) in [6, 6.07) is 5.32. The van der Waals surface area contributed by atoms with Crippen LogP contribution in [0.3, 0.4) is 0 Å². The van der Waals surface area contributed by atoms with Gasteiger partial charge in [0.15, 0.2) is 0 Å². The molecule has 0 saturated heterocycles. The summed E-state index contributed by atoms with van der Waals surface area (Å²) < 4.78 is 30.6. The fourth-order valence-electron chi connectivity index (χ4n) is 4.20. The van der Waals surface area contributed by atoms with Gasteiger partial charge in [-0.3, -0.25) is 8.99 Å². The van der Waals surface area contributed by atoms with E-state index in [1.165, 1.54) is 6.26 Å². The maximum Gasteiger partial charge on any atom is 0.340 e. The number of nitrogens with two attached hydrogens (primary N) is 1. The number of aromatic nitrogens is 3. The van der Waals surface area contributed by atoms with Crippen LogP contribution in [0.15, 0.2) is 30.6 Å². The molecule has 0 fully saturated rings. The van der Waals surface area contributed by atoms with E-state index < -0.39 is 20.9 Å². The molecule has 4 heterocycles. The first-order chi connectivity index (χ1) is 17.2. The SMILES string of the molecule is C[C@@H]1c2nc(Nc3cc4c(C(C)(C)N)cnc(OCCC[S@](C)(=N)=O)c4cn3)ccc2C(=O)OC1(C)C. The maximum atomic E-state index is 12.4. The highest BCUT2D eigenvalue weighted by atomic mass is 32.2. The summed E-state index contributed by atoms with van der Waals surface area (Å²) in [7, 11) is -2.57. The van der Waals surface area contributed by atoms with Crippen molar-refractivity contribution < 1.29 is 18.5 Å². The molecule has 3 aromatic rings. The molecule has 4 N–H and O–H groups in total. The lowest BCUT2D eigenvalue weighted by Crippen LogP contribution is -2.39. The first kappa shape index (κ1) is 26.7. The fourth-order valence-corrected chi connectivity index (χ4v) is 4.87. The van der Waals surface area contributed by atoms with E-state index in [0.29, 0.717) is 40.6 Å². The highest BCUT2D eigenvalue weighted by Gasteiger charge is 2.40. The predicted molar refractivity (Wildman–Crippen MR) is 144 cm³/mol. The standard InChI is InChI=1S/C26H34N6O4S/c1-15-22-16(24(33)36-26(15,4)5)8-9-20(32-22)31-21-12-17-18(13-29-21)23(30-14-19(17)25(2,3)27)35-10-7-11-37(6,28)34/h8-9,12-15,28H,7,10-11,27H2,1-6H3,(H,29,31,32)/t15-,37-/m1/s1. The van der Waals surface area contributed by atoms with E-state index >= 15 is 0 Å². The molecule has 37 heavy (non-hydrogen) atoms. The predicted octanol–water partition coefficient (Wildman–Crippen LogP) is 4.46. The summed E-state index contributed by atoms with van der Waals surface area (Å²) >= 11 is 0. The zero-order valence-corrected chi connectivity index (χ0v) is 22.9. The minimum atomic E-state index is -2.57. The minimum absolute atomic E-state index is 0.0851. The molecule has 11 heteroatoms. The van der Waals surface area contributed by atoms with Crippen LogP contribution in [0.25, 0.3) is 10.8 Å². The summed E-state index contributed by atoms with van der Waals surface area (Å²) in [4.78, 5) is 26.2. The van der Waals surface area contributed by atoms with E-state index in [1.807, 2.05) is 40.7 Å². The van der Waals surface area contributed by atoms with Crippen molar-refractivity contribution >= 4 is 38.1 Å². The Kier molecular flexibility index (Phi) is 6.89. The molecule has 4 rings (SSSR count). The number of carbonyl (C=O) groups excluding carboxylic acids is 1. The van der Waals surface area contributed by atoms with Crippen LogP contribution in [0.2, 0.25) is 0 Å². The second-order valence-corrected chi connectivity index (χ2v) is 13.1. The number of hydrogen-bond donors (Lipinski definition) is 3. The topological polar surface area (TPSA) is 153 Å². The molecule has 3 aromatic heterocycles. The minimum Gasteiger partial charge on any atom is -0.477 e. The van der Waals surface area contributed by atoms with Crippen molar-refractivity contribution in [2.24, 2.45) is 5.73 Å². The van der Waals surface area contributed by atoms with Crippen molar-refractivity contribution in [3.63, 3.8) is 0 Å². The Morgan fingerprint density at radius 1 is 1.22 bits per heavy atom. The van der Waals surface area contributed by atoms with Crippen molar-refractivity contribution in [1.82, 2.24) is 15.0 Å². The normalized spacial score (nSPS) is 18.6. The first-order valence-corrected chi connectivity index (χ1v) is 14.2. The molecular weight excluding hydrogens is 492 g/mol. The number of rotatable bonds is 8. The van der Waals surface area contributed by atoms with Gasteiger partial charge in [-0.2, -0.15) is 0 Å². The van der Waals surface area contributed by atoms with Crippen molar-refractivity contribution in [3.8, 4) is 5.88 Å². The largest absolute Gasteiger partial charge is 0.477 e. The Morgan fingerprint density at radius 2 is 1.95 bits per heavy atom. The van der Waals surface area contributed by atoms with Gasteiger partial charge in [0, 0.05) is 45.6 Å². The van der Waals surface area contributed by atoms with Crippen LogP contribution >= 0.6 is 0 Å². The van der Waals surface area contributed by atoms with E-state index in [-0.39, 0.29) is 24.2 Å². The van der Waals surface area contributed by atoms with Gasteiger partial charge in [-0.1, -0.05) is 6.92 Å². The van der Waals surface area contributed by atoms with Crippen LogP contribution in [0.1, 0.15) is 68.6 Å². The van der Waals surface area contributed by atoms with Crippen LogP contribution in [-0.2, 0) is 20.0 Å². The van der Waals surface area contributed by atoms with Crippen LogP contribution in [0, 0.1) is 4.78 Å². The number of anilines is 2. The molecule has 0 unspecified atom stereocenters. The Balaban J connectivity index is 1.67. The Hall–Kier alpha value is -3.31. The van der Waals surface area contributed by atoms with E-state index in [4.69, 9.17) is 25.0 Å². The molecule has 0 aliphatic carbocycles. The molecular formula is C26H34N6O4S. The number of fused-ring (bicyclic) bond motifs is 2. The maximum absolute atomic E-state index is 12.4. The van der Waals surface area contributed by atoms with Crippen molar-refractivity contribution in [3.05, 3.63) is 47.4 Å². The molecule has 1 aliphatic rings. The van der Waals surface area contributed by atoms with Crippen LogP contribution < -0.4 is 15.8 Å². The first-order valence-electron chi connectivity index (χ1n) is 12.1. The van der Waals surface area contributed by atoms with Crippen LogP contribution in [0.4, 0.5) is 11.6 Å². The molecule has 0 spiro atoms. The highest BCUT2D eigenvalue weighted by Crippen LogP contribution is 2.38. The lowest BCUT2D eigenvalue weighted by Gasteiger charge is -2.36. The summed E-state index contributed by atoms with van der Waals surface area (Å²) in [5, 5.41) is 4.77. The van der Waals surface area contributed by atoms with Gasteiger partial charge in [-0.05, 0) is 63.3 Å². The zero-order chi connectivity index (χ0) is 27.2. The molecule has 2 atom stereocenters. The van der Waals surface area contributed by atoms with Gasteiger partial charge in [0.25, 0.3) is 0 Å². The van der Waals surface area contributed by atoms with Gasteiger partial charge < -0.3 is 20.5 Å². The molecule has 198 valence electrons. The summed E-state index contributed by atoms with van der Waals surface area (Å²) in [5.41, 5.74) is 7.08. The number of pyridine rings is 3. The van der Waals surface area contributed by atoms with E-state index in [9.17, 15) is 9.00 Å². The Labute approximate surface area is 217 Å². The number of cyclic esters (lactones) is 1. The van der Waals surface area contributed by atoms with Crippen molar-refractivity contribution in [1.29, 1.82) is 4.78 Å². The van der Waals surface area contributed by atoms with Crippen LogP contribution in [0.5, 0.6) is 5.88 Å². The highest BCUT2D eigenvalue weighted by molar-refractivity contribution is 7.91. The third-order valence-corrected chi connectivity index (χ3v) is 7.62. The van der Waals surface area contributed by atoms with Gasteiger partial charge >= 0.3 is 5.97 Å². The molecule has 0 amide bonds. The third kappa shape index (κ3) is 5.83. The number of nitrogens with one attached hydrogen (secondary N) is 2. The second-order valence-electron chi connectivity index (χ2n) is 10.7.